The fraction of sp³-hybridized carbons (Fsp3) is 0.846. The van der Waals surface area contributed by atoms with Gasteiger partial charge in [-0.25, -0.2) is 0 Å². The summed E-state index contributed by atoms with van der Waals surface area (Å²) in [4.78, 5) is 52.0. The Kier molecular flexibility index (Phi) is 21.8. The molecule has 0 N–H and O–H groups in total. The first-order chi connectivity index (χ1) is 17.4. The van der Waals surface area contributed by atoms with Crippen LogP contribution in [-0.2, 0) is 38.1 Å². The molecule has 0 aromatic carbocycles. The number of carbonyl (C=O) groups excluding carboxylic acids is 4. The number of esters is 4. The lowest BCUT2D eigenvalue weighted by atomic mass is 10.3. The molecule has 0 aromatic rings. The van der Waals surface area contributed by atoms with Crippen LogP contribution in [0.5, 0.6) is 0 Å². The van der Waals surface area contributed by atoms with Crippen LogP contribution < -0.4 is 0 Å². The van der Waals surface area contributed by atoms with Gasteiger partial charge in [-0.3, -0.25) is 19.2 Å². The van der Waals surface area contributed by atoms with Crippen molar-refractivity contribution in [3.05, 3.63) is 0 Å². The molecule has 0 rings (SSSR count). The summed E-state index contributed by atoms with van der Waals surface area (Å²) in [5, 5.41) is 0. The molecule has 0 saturated heterocycles. The van der Waals surface area contributed by atoms with Crippen molar-refractivity contribution in [1.29, 1.82) is 0 Å². The van der Waals surface area contributed by atoms with E-state index in [9.17, 15) is 19.2 Å². The van der Waals surface area contributed by atoms with Gasteiger partial charge < -0.3 is 28.7 Å². The number of hydrogen-bond donors (Lipinski definition) is 0. The van der Waals surface area contributed by atoms with Crippen LogP contribution in [0.1, 0.15) is 79.1 Å². The lowest BCUT2D eigenvalue weighted by molar-refractivity contribution is -0.146. The monoisotopic (exact) mass is 516 g/mol. The summed E-state index contributed by atoms with van der Waals surface area (Å²) in [5.41, 5.74) is 0. The molecule has 0 spiro atoms. The van der Waals surface area contributed by atoms with Crippen LogP contribution in [0.4, 0.5) is 0 Å². The predicted octanol–water partition coefficient (Wildman–Crippen LogP) is 2.96. The Morgan fingerprint density at radius 1 is 0.417 bits per heavy atom. The quantitative estimate of drug-likeness (QED) is 0.148. The van der Waals surface area contributed by atoms with E-state index in [1.165, 1.54) is 0 Å². The molecule has 0 aliphatic carbocycles. The predicted molar refractivity (Wildman–Crippen MR) is 136 cm³/mol. The number of carbonyl (C=O) groups is 4. The first-order valence-electron chi connectivity index (χ1n) is 13.4. The Labute approximate surface area is 216 Å². The molecule has 0 aliphatic rings. The first-order valence-corrected chi connectivity index (χ1v) is 13.4. The second-order valence-electron chi connectivity index (χ2n) is 8.57. The van der Waals surface area contributed by atoms with E-state index >= 15 is 0 Å². The number of nitrogens with zero attached hydrogens (tertiary/aromatic N) is 2. The number of rotatable bonds is 23. The van der Waals surface area contributed by atoms with Gasteiger partial charge in [-0.05, 0) is 25.7 Å². The minimum absolute atomic E-state index is 0.219. The molecule has 0 aromatic heterocycles. The van der Waals surface area contributed by atoms with E-state index in [2.05, 4.69) is 0 Å². The highest BCUT2D eigenvalue weighted by atomic mass is 16.5. The molecular formula is C26H48N2O8. The van der Waals surface area contributed by atoms with Crippen LogP contribution in [0.2, 0.25) is 0 Å². The molecule has 0 heterocycles. The van der Waals surface area contributed by atoms with Gasteiger partial charge in [0.25, 0.3) is 0 Å². The minimum Gasteiger partial charge on any atom is -0.466 e. The summed E-state index contributed by atoms with van der Waals surface area (Å²) in [6.45, 7) is 12.2. The Morgan fingerprint density at radius 2 is 0.639 bits per heavy atom. The highest BCUT2D eigenvalue weighted by Gasteiger charge is 2.16. The van der Waals surface area contributed by atoms with Crippen LogP contribution in [0, 0.1) is 0 Å². The molecule has 10 heteroatoms. The van der Waals surface area contributed by atoms with Crippen LogP contribution in [0.3, 0.4) is 0 Å². The maximum absolute atomic E-state index is 12.0. The van der Waals surface area contributed by atoms with Crippen molar-refractivity contribution >= 4 is 23.9 Å². The Morgan fingerprint density at radius 3 is 0.833 bits per heavy atom. The molecule has 0 bridgehead atoms. The SMILES string of the molecule is CCCOC(=O)CCN(CCC(=O)OCCC)CCN(CCC(=O)OCCC)CCC(=O)OCCC. The summed E-state index contributed by atoms with van der Waals surface area (Å²) in [6, 6.07) is 0. The zero-order valence-electron chi connectivity index (χ0n) is 22.9. The van der Waals surface area contributed by atoms with Crippen molar-refractivity contribution in [2.45, 2.75) is 79.1 Å². The van der Waals surface area contributed by atoms with Crippen molar-refractivity contribution in [2.75, 3.05) is 65.7 Å². The molecule has 0 radical (unpaired) electrons. The minimum atomic E-state index is -0.274. The van der Waals surface area contributed by atoms with Crippen molar-refractivity contribution in [1.82, 2.24) is 9.80 Å². The third-order valence-electron chi connectivity index (χ3n) is 5.13. The highest BCUT2D eigenvalue weighted by molar-refractivity contribution is 5.71. The Hall–Kier alpha value is -2.20. The van der Waals surface area contributed by atoms with Gasteiger partial charge >= 0.3 is 23.9 Å². The third kappa shape index (κ3) is 20.0. The van der Waals surface area contributed by atoms with Crippen molar-refractivity contribution < 1.29 is 38.1 Å². The zero-order chi connectivity index (χ0) is 27.0. The fourth-order valence-corrected chi connectivity index (χ4v) is 3.10. The second kappa shape index (κ2) is 23.2. The average molecular weight is 517 g/mol. The summed E-state index contributed by atoms with van der Waals surface area (Å²) in [6.07, 6.45) is 3.91. The molecule has 0 amide bonds. The van der Waals surface area contributed by atoms with Gasteiger partial charge in [-0.1, -0.05) is 27.7 Å². The lowest BCUT2D eigenvalue weighted by Gasteiger charge is -2.27. The number of ether oxygens (including phenoxy) is 4. The smallest absolute Gasteiger partial charge is 0.307 e. The summed E-state index contributed by atoms with van der Waals surface area (Å²) < 4.78 is 20.7. The molecule has 10 nitrogen and oxygen atoms in total. The Bertz CT molecular complexity index is 515. The van der Waals surface area contributed by atoms with Gasteiger partial charge in [0.05, 0.1) is 52.1 Å². The summed E-state index contributed by atoms with van der Waals surface area (Å²) in [7, 11) is 0. The normalized spacial score (nSPS) is 10.9. The van der Waals surface area contributed by atoms with E-state index in [1.807, 2.05) is 37.5 Å². The van der Waals surface area contributed by atoms with E-state index in [-0.39, 0.29) is 49.6 Å². The summed E-state index contributed by atoms with van der Waals surface area (Å²) in [5.74, 6) is -1.09. The maximum Gasteiger partial charge on any atom is 0.307 e. The zero-order valence-corrected chi connectivity index (χ0v) is 22.9. The van der Waals surface area contributed by atoms with Crippen LogP contribution in [-0.4, -0.2) is 99.4 Å². The average Bonchev–Trinajstić information content (AvgIpc) is 2.88. The van der Waals surface area contributed by atoms with E-state index < -0.39 is 0 Å². The second-order valence-corrected chi connectivity index (χ2v) is 8.57. The first kappa shape index (κ1) is 33.8. The van der Waals surface area contributed by atoms with E-state index in [0.717, 1.165) is 25.7 Å². The van der Waals surface area contributed by atoms with Gasteiger partial charge in [0.1, 0.15) is 0 Å². The van der Waals surface area contributed by atoms with Gasteiger partial charge in [-0.2, -0.15) is 0 Å². The molecule has 0 unspecified atom stereocenters. The molecule has 36 heavy (non-hydrogen) atoms. The van der Waals surface area contributed by atoms with Gasteiger partial charge in [0.15, 0.2) is 0 Å². The highest BCUT2D eigenvalue weighted by Crippen LogP contribution is 2.04. The molecule has 0 aliphatic heterocycles. The molecule has 0 atom stereocenters. The molecule has 0 saturated carbocycles. The maximum atomic E-state index is 12.0. The van der Waals surface area contributed by atoms with E-state index in [1.54, 1.807) is 0 Å². The van der Waals surface area contributed by atoms with E-state index in [4.69, 9.17) is 18.9 Å². The van der Waals surface area contributed by atoms with Crippen molar-refractivity contribution in [3.8, 4) is 0 Å². The van der Waals surface area contributed by atoms with E-state index in [0.29, 0.717) is 65.7 Å². The topological polar surface area (TPSA) is 112 Å². The van der Waals surface area contributed by atoms with Crippen LogP contribution in [0.15, 0.2) is 0 Å². The molecule has 0 fully saturated rings. The van der Waals surface area contributed by atoms with Crippen LogP contribution in [0.25, 0.3) is 0 Å². The van der Waals surface area contributed by atoms with Crippen LogP contribution >= 0.6 is 0 Å². The third-order valence-corrected chi connectivity index (χ3v) is 5.13. The van der Waals surface area contributed by atoms with Gasteiger partial charge in [-0.15, -0.1) is 0 Å². The fourth-order valence-electron chi connectivity index (χ4n) is 3.10. The van der Waals surface area contributed by atoms with Crippen molar-refractivity contribution in [2.24, 2.45) is 0 Å². The van der Waals surface area contributed by atoms with Gasteiger partial charge in [0.2, 0.25) is 0 Å². The largest absolute Gasteiger partial charge is 0.466 e. The van der Waals surface area contributed by atoms with Gasteiger partial charge in [0, 0.05) is 39.3 Å². The number of hydrogen-bond acceptors (Lipinski definition) is 10. The molecule has 210 valence electrons. The van der Waals surface area contributed by atoms with Crippen molar-refractivity contribution in [3.63, 3.8) is 0 Å². The Balaban J connectivity index is 5.00. The standard InChI is InChI=1S/C26H48N2O8/c1-5-19-33-23(29)9-13-27(14-10-24(30)34-20-6-2)17-18-28(15-11-25(31)35-21-7-3)16-12-26(32)36-22-8-4/h5-22H2,1-4H3. The molecular weight excluding hydrogens is 468 g/mol. The summed E-state index contributed by atoms with van der Waals surface area (Å²) >= 11 is 0. The lowest BCUT2D eigenvalue weighted by Crippen LogP contribution is -2.39.